The zero-order valence-electron chi connectivity index (χ0n) is 9.86. The number of hydrogen-bond acceptors (Lipinski definition) is 3. The van der Waals surface area contributed by atoms with Crippen molar-refractivity contribution in [1.82, 2.24) is 14.9 Å². The lowest BCUT2D eigenvalue weighted by atomic mass is 10.4. The second kappa shape index (κ2) is 6.58. The molecule has 15 heavy (non-hydrogen) atoms. The fourth-order valence-corrected chi connectivity index (χ4v) is 1.36. The smallest absolute Gasteiger partial charge is 0.0948 e. The zero-order chi connectivity index (χ0) is 11.1. The van der Waals surface area contributed by atoms with Gasteiger partial charge in [0.25, 0.3) is 0 Å². The van der Waals surface area contributed by atoms with Gasteiger partial charge in [0.05, 0.1) is 24.7 Å². The van der Waals surface area contributed by atoms with Gasteiger partial charge in [-0.1, -0.05) is 0 Å². The summed E-state index contributed by atoms with van der Waals surface area (Å²) < 4.78 is 7.57. The van der Waals surface area contributed by atoms with Crippen molar-refractivity contribution in [2.24, 2.45) is 0 Å². The van der Waals surface area contributed by atoms with Gasteiger partial charge in [-0.25, -0.2) is 4.98 Å². The van der Waals surface area contributed by atoms with E-state index in [1.54, 1.807) is 0 Å². The molecule has 0 radical (unpaired) electrons. The van der Waals surface area contributed by atoms with E-state index in [2.05, 4.69) is 21.8 Å². The molecule has 0 saturated heterocycles. The van der Waals surface area contributed by atoms with Crippen molar-refractivity contribution in [3.05, 3.63) is 18.2 Å². The quantitative estimate of drug-likeness (QED) is 0.693. The molecule has 1 N–H and O–H groups in total. The molecule has 4 nitrogen and oxygen atoms in total. The largest absolute Gasteiger partial charge is 0.377 e. The van der Waals surface area contributed by atoms with Crippen LogP contribution in [0.4, 0.5) is 0 Å². The van der Waals surface area contributed by atoms with E-state index in [4.69, 9.17) is 4.74 Å². The summed E-state index contributed by atoms with van der Waals surface area (Å²) in [5.41, 5.74) is 1.22. The Morgan fingerprint density at radius 3 is 3.00 bits per heavy atom. The van der Waals surface area contributed by atoms with Crippen LogP contribution in [0.3, 0.4) is 0 Å². The standard InChI is InChI=1S/C11H21N3O/c1-4-14-9-13-8-11(14)7-12-5-6-15-10(2)3/h8-10,12H,4-7H2,1-3H3. The topological polar surface area (TPSA) is 39.1 Å². The number of rotatable bonds is 7. The van der Waals surface area contributed by atoms with Gasteiger partial charge in [0.15, 0.2) is 0 Å². The fourth-order valence-electron chi connectivity index (χ4n) is 1.36. The second-order valence-electron chi connectivity index (χ2n) is 3.77. The molecule has 0 spiro atoms. The highest BCUT2D eigenvalue weighted by molar-refractivity contribution is 4.97. The monoisotopic (exact) mass is 211 g/mol. The number of aromatic nitrogens is 2. The first-order chi connectivity index (χ1) is 7.24. The molecule has 0 bridgehead atoms. The molecule has 1 aromatic heterocycles. The molecule has 0 unspecified atom stereocenters. The van der Waals surface area contributed by atoms with Gasteiger partial charge in [-0.15, -0.1) is 0 Å². The van der Waals surface area contributed by atoms with E-state index in [0.717, 1.165) is 26.2 Å². The van der Waals surface area contributed by atoms with Crippen LogP contribution in [0.2, 0.25) is 0 Å². The highest BCUT2D eigenvalue weighted by Crippen LogP contribution is 1.97. The van der Waals surface area contributed by atoms with Gasteiger partial charge in [-0.05, 0) is 20.8 Å². The van der Waals surface area contributed by atoms with E-state index in [1.807, 2.05) is 26.4 Å². The van der Waals surface area contributed by atoms with Crippen molar-refractivity contribution in [1.29, 1.82) is 0 Å². The van der Waals surface area contributed by atoms with Gasteiger partial charge in [0.2, 0.25) is 0 Å². The minimum Gasteiger partial charge on any atom is -0.377 e. The van der Waals surface area contributed by atoms with Crippen LogP contribution >= 0.6 is 0 Å². The van der Waals surface area contributed by atoms with Crippen LogP contribution in [0, 0.1) is 0 Å². The van der Waals surface area contributed by atoms with E-state index in [9.17, 15) is 0 Å². The van der Waals surface area contributed by atoms with E-state index in [0.29, 0.717) is 6.10 Å². The maximum Gasteiger partial charge on any atom is 0.0948 e. The van der Waals surface area contributed by atoms with E-state index in [-0.39, 0.29) is 0 Å². The maximum atomic E-state index is 5.43. The van der Waals surface area contributed by atoms with E-state index >= 15 is 0 Å². The van der Waals surface area contributed by atoms with Crippen molar-refractivity contribution < 1.29 is 4.74 Å². The molecule has 4 heteroatoms. The summed E-state index contributed by atoms with van der Waals surface area (Å²) >= 11 is 0. The molecular formula is C11H21N3O. The highest BCUT2D eigenvalue weighted by Gasteiger charge is 1.99. The fraction of sp³-hybridized carbons (Fsp3) is 0.727. The molecule has 0 amide bonds. The predicted molar refractivity (Wildman–Crippen MR) is 60.7 cm³/mol. The van der Waals surface area contributed by atoms with Crippen LogP contribution in [-0.4, -0.2) is 28.8 Å². The maximum absolute atomic E-state index is 5.43. The molecule has 0 aliphatic carbocycles. The number of imidazole rings is 1. The van der Waals surface area contributed by atoms with Crippen LogP contribution in [0.15, 0.2) is 12.5 Å². The summed E-state index contributed by atoms with van der Waals surface area (Å²) in [5, 5.41) is 3.33. The molecule has 1 aromatic rings. The molecule has 0 atom stereocenters. The van der Waals surface area contributed by atoms with Crippen molar-refractivity contribution >= 4 is 0 Å². The van der Waals surface area contributed by atoms with Crippen LogP contribution in [-0.2, 0) is 17.8 Å². The van der Waals surface area contributed by atoms with Gasteiger partial charge in [0, 0.05) is 25.8 Å². The molecule has 0 aliphatic rings. The Labute approximate surface area is 91.7 Å². The summed E-state index contributed by atoms with van der Waals surface area (Å²) in [5.74, 6) is 0. The van der Waals surface area contributed by atoms with Crippen molar-refractivity contribution in [2.75, 3.05) is 13.2 Å². The summed E-state index contributed by atoms with van der Waals surface area (Å²) in [6.07, 6.45) is 4.08. The van der Waals surface area contributed by atoms with Crippen LogP contribution in [0.5, 0.6) is 0 Å². The van der Waals surface area contributed by atoms with Gasteiger partial charge in [0.1, 0.15) is 0 Å². The van der Waals surface area contributed by atoms with Crippen molar-refractivity contribution in [2.45, 2.75) is 40.0 Å². The van der Waals surface area contributed by atoms with E-state index in [1.165, 1.54) is 5.69 Å². The Morgan fingerprint density at radius 2 is 2.33 bits per heavy atom. The predicted octanol–water partition coefficient (Wildman–Crippen LogP) is 1.42. The molecular weight excluding hydrogens is 190 g/mol. The minimum atomic E-state index is 0.313. The number of nitrogens with one attached hydrogen (secondary N) is 1. The highest BCUT2D eigenvalue weighted by atomic mass is 16.5. The molecule has 0 fully saturated rings. The first kappa shape index (κ1) is 12.2. The molecule has 0 aromatic carbocycles. The van der Waals surface area contributed by atoms with Crippen molar-refractivity contribution in [3.63, 3.8) is 0 Å². The third-order valence-electron chi connectivity index (χ3n) is 2.18. The summed E-state index contributed by atoms with van der Waals surface area (Å²) in [6, 6.07) is 0. The first-order valence-electron chi connectivity index (χ1n) is 5.55. The first-order valence-corrected chi connectivity index (χ1v) is 5.55. The third kappa shape index (κ3) is 4.44. The number of hydrogen-bond donors (Lipinski definition) is 1. The molecule has 1 heterocycles. The van der Waals surface area contributed by atoms with Gasteiger partial charge in [-0.2, -0.15) is 0 Å². The van der Waals surface area contributed by atoms with Crippen molar-refractivity contribution in [3.8, 4) is 0 Å². The second-order valence-corrected chi connectivity index (χ2v) is 3.77. The van der Waals surface area contributed by atoms with Crippen LogP contribution in [0.1, 0.15) is 26.5 Å². The lowest BCUT2D eigenvalue weighted by Gasteiger charge is -2.09. The molecule has 86 valence electrons. The molecule has 1 rings (SSSR count). The van der Waals surface area contributed by atoms with Crippen LogP contribution < -0.4 is 5.32 Å². The number of ether oxygens (including phenoxy) is 1. The lowest BCUT2D eigenvalue weighted by molar-refractivity contribution is 0.0806. The molecule has 0 aliphatic heterocycles. The summed E-state index contributed by atoms with van der Waals surface area (Å²) in [7, 11) is 0. The van der Waals surface area contributed by atoms with Gasteiger partial charge in [-0.3, -0.25) is 0 Å². The number of aryl methyl sites for hydroxylation is 1. The summed E-state index contributed by atoms with van der Waals surface area (Å²) in [4.78, 5) is 4.11. The Kier molecular flexibility index (Phi) is 5.36. The Hall–Kier alpha value is -0.870. The average molecular weight is 211 g/mol. The zero-order valence-corrected chi connectivity index (χ0v) is 9.86. The SMILES string of the molecule is CCn1cncc1CNCCOC(C)C. The van der Waals surface area contributed by atoms with E-state index < -0.39 is 0 Å². The minimum absolute atomic E-state index is 0.313. The number of nitrogens with zero attached hydrogens (tertiary/aromatic N) is 2. The Bertz CT molecular complexity index is 271. The average Bonchev–Trinajstić information content (AvgIpc) is 2.64. The third-order valence-corrected chi connectivity index (χ3v) is 2.18. The normalized spacial score (nSPS) is 11.2. The lowest BCUT2D eigenvalue weighted by Crippen LogP contribution is -2.22. The van der Waals surface area contributed by atoms with Gasteiger partial charge >= 0.3 is 0 Å². The molecule has 0 saturated carbocycles. The Morgan fingerprint density at radius 1 is 1.53 bits per heavy atom. The van der Waals surface area contributed by atoms with Gasteiger partial charge < -0.3 is 14.6 Å². The Balaban J connectivity index is 2.15. The summed E-state index contributed by atoms with van der Waals surface area (Å²) in [6.45, 7) is 9.69. The van der Waals surface area contributed by atoms with Crippen LogP contribution in [0.25, 0.3) is 0 Å².